The highest BCUT2D eigenvalue weighted by atomic mass is 32.2. The number of nitrogens with zero attached hydrogens (tertiary/aromatic N) is 1. The van der Waals surface area contributed by atoms with Crippen molar-refractivity contribution < 1.29 is 26.4 Å². The Hall–Kier alpha value is -2.59. The topological polar surface area (TPSA) is 110 Å². The van der Waals surface area contributed by atoms with Crippen LogP contribution < -0.4 is 14.4 Å². The number of amides is 1. The van der Waals surface area contributed by atoms with E-state index in [0.29, 0.717) is 17.0 Å². The SMILES string of the molecule is C[C@@H](NC(=O)[C@@H]1CN(S(C)(=O)=O)c2cc(C(C)(C)C)ccc2O1)c1ccc(S(C)(=O)=O)cc1. The van der Waals surface area contributed by atoms with E-state index in [1.165, 1.54) is 16.4 Å². The molecule has 33 heavy (non-hydrogen) atoms. The van der Waals surface area contributed by atoms with E-state index in [1.54, 1.807) is 31.2 Å². The number of anilines is 1. The lowest BCUT2D eigenvalue weighted by molar-refractivity contribution is -0.128. The number of hydrogen-bond acceptors (Lipinski definition) is 6. The van der Waals surface area contributed by atoms with Crippen LogP contribution in [0.3, 0.4) is 0 Å². The fourth-order valence-corrected chi connectivity index (χ4v) is 5.10. The molecule has 1 aliphatic heterocycles. The first kappa shape index (κ1) is 25.0. The van der Waals surface area contributed by atoms with Crippen LogP contribution in [-0.2, 0) is 30.1 Å². The molecular formula is C23H30N2O6S2. The Balaban J connectivity index is 1.83. The summed E-state index contributed by atoms with van der Waals surface area (Å²) >= 11 is 0. The van der Waals surface area contributed by atoms with Crippen LogP contribution in [0.25, 0.3) is 0 Å². The molecule has 0 unspecified atom stereocenters. The van der Waals surface area contributed by atoms with Gasteiger partial charge in [0.05, 0.1) is 29.4 Å². The molecule has 10 heteroatoms. The summed E-state index contributed by atoms with van der Waals surface area (Å²) in [5.41, 5.74) is 1.89. The maximum absolute atomic E-state index is 13.0. The Labute approximate surface area is 195 Å². The third kappa shape index (κ3) is 5.67. The summed E-state index contributed by atoms with van der Waals surface area (Å²) in [6, 6.07) is 11.1. The van der Waals surface area contributed by atoms with Crippen molar-refractivity contribution in [3.63, 3.8) is 0 Å². The van der Waals surface area contributed by atoms with Crippen LogP contribution in [-0.4, -0.2) is 47.9 Å². The number of fused-ring (bicyclic) bond motifs is 1. The smallest absolute Gasteiger partial charge is 0.263 e. The zero-order valence-electron chi connectivity index (χ0n) is 19.6. The summed E-state index contributed by atoms with van der Waals surface area (Å²) in [6.07, 6.45) is 1.20. The highest BCUT2D eigenvalue weighted by Gasteiger charge is 2.36. The number of benzene rings is 2. The average Bonchev–Trinajstić information content (AvgIpc) is 2.70. The number of carbonyl (C=O) groups excluding carboxylic acids is 1. The molecule has 0 radical (unpaired) electrons. The third-order valence-electron chi connectivity index (χ3n) is 5.55. The zero-order chi connectivity index (χ0) is 24.8. The lowest BCUT2D eigenvalue weighted by Crippen LogP contribution is -2.50. The van der Waals surface area contributed by atoms with Crippen LogP contribution in [0.2, 0.25) is 0 Å². The van der Waals surface area contributed by atoms with E-state index in [9.17, 15) is 21.6 Å². The van der Waals surface area contributed by atoms with Gasteiger partial charge < -0.3 is 10.1 Å². The number of nitrogens with one attached hydrogen (secondary N) is 1. The summed E-state index contributed by atoms with van der Waals surface area (Å²) < 4.78 is 55.4. The molecular weight excluding hydrogens is 464 g/mol. The van der Waals surface area contributed by atoms with Gasteiger partial charge in [0.1, 0.15) is 5.75 Å². The van der Waals surface area contributed by atoms with E-state index in [4.69, 9.17) is 4.74 Å². The monoisotopic (exact) mass is 494 g/mol. The lowest BCUT2D eigenvalue weighted by Gasteiger charge is -2.35. The van der Waals surface area contributed by atoms with Crippen molar-refractivity contribution in [2.75, 3.05) is 23.4 Å². The molecule has 0 spiro atoms. The van der Waals surface area contributed by atoms with Crippen molar-refractivity contribution >= 4 is 31.5 Å². The minimum atomic E-state index is -3.65. The van der Waals surface area contributed by atoms with Crippen molar-refractivity contribution in [2.45, 2.75) is 50.2 Å². The van der Waals surface area contributed by atoms with Gasteiger partial charge in [-0.2, -0.15) is 0 Å². The van der Waals surface area contributed by atoms with Crippen LogP contribution in [0.4, 0.5) is 5.69 Å². The van der Waals surface area contributed by atoms with Gasteiger partial charge in [0.15, 0.2) is 15.9 Å². The second-order valence-corrected chi connectivity index (χ2v) is 13.3. The molecule has 1 aliphatic rings. The number of sulfonamides is 1. The molecule has 0 aliphatic carbocycles. The van der Waals surface area contributed by atoms with Crippen LogP contribution in [0.15, 0.2) is 47.4 Å². The molecule has 0 aromatic heterocycles. The zero-order valence-corrected chi connectivity index (χ0v) is 21.2. The van der Waals surface area contributed by atoms with Crippen LogP contribution in [0.5, 0.6) is 5.75 Å². The Morgan fingerprint density at radius 3 is 2.18 bits per heavy atom. The van der Waals surface area contributed by atoms with Crippen LogP contribution >= 0.6 is 0 Å². The highest BCUT2D eigenvalue weighted by Crippen LogP contribution is 2.38. The number of ether oxygens (including phenoxy) is 1. The van der Waals surface area contributed by atoms with Gasteiger partial charge in [-0.05, 0) is 47.7 Å². The highest BCUT2D eigenvalue weighted by molar-refractivity contribution is 7.92. The van der Waals surface area contributed by atoms with Gasteiger partial charge >= 0.3 is 0 Å². The number of rotatable bonds is 5. The molecule has 1 heterocycles. The Morgan fingerprint density at radius 1 is 1.06 bits per heavy atom. The number of hydrogen-bond donors (Lipinski definition) is 1. The molecule has 8 nitrogen and oxygen atoms in total. The van der Waals surface area contributed by atoms with Gasteiger partial charge in [-0.3, -0.25) is 9.10 Å². The largest absolute Gasteiger partial charge is 0.476 e. The first-order valence-electron chi connectivity index (χ1n) is 10.5. The Morgan fingerprint density at radius 2 is 1.67 bits per heavy atom. The summed E-state index contributed by atoms with van der Waals surface area (Å²) in [5.74, 6) is -0.140. The standard InChI is InChI=1S/C23H30N2O6S2/c1-15(16-7-10-18(11-8-16)32(5,27)28)24-22(26)21-14-25(33(6,29)30)19-13-17(23(2,3)4)9-12-20(19)31-21/h7-13,15,21H,14H2,1-6H3,(H,24,26)/t15-,21+/m1/s1. The van der Waals surface area contributed by atoms with Crippen molar-refractivity contribution in [2.24, 2.45) is 0 Å². The maximum atomic E-state index is 13.0. The van der Waals surface area contributed by atoms with Crippen molar-refractivity contribution in [3.8, 4) is 5.75 Å². The molecule has 1 N–H and O–H groups in total. The van der Waals surface area contributed by atoms with Gasteiger partial charge in [0.2, 0.25) is 10.0 Å². The van der Waals surface area contributed by atoms with Crippen LogP contribution in [0, 0.1) is 0 Å². The molecule has 1 amide bonds. The number of sulfone groups is 1. The molecule has 0 bridgehead atoms. The first-order valence-corrected chi connectivity index (χ1v) is 14.2. The van der Waals surface area contributed by atoms with Crippen molar-refractivity contribution in [1.29, 1.82) is 0 Å². The van der Waals surface area contributed by atoms with Crippen molar-refractivity contribution in [3.05, 3.63) is 53.6 Å². The summed E-state index contributed by atoms with van der Waals surface area (Å²) in [7, 11) is -6.97. The molecule has 2 aromatic rings. The predicted molar refractivity (Wildman–Crippen MR) is 128 cm³/mol. The van der Waals surface area contributed by atoms with Crippen molar-refractivity contribution in [1.82, 2.24) is 5.32 Å². The lowest BCUT2D eigenvalue weighted by atomic mass is 9.86. The summed E-state index contributed by atoms with van der Waals surface area (Å²) in [5, 5.41) is 2.83. The third-order valence-corrected chi connectivity index (χ3v) is 7.83. The molecule has 0 saturated carbocycles. The average molecular weight is 495 g/mol. The van der Waals surface area contributed by atoms with E-state index in [1.807, 2.05) is 26.8 Å². The molecule has 0 fully saturated rings. The Bertz CT molecular complexity index is 1260. The molecule has 0 saturated heterocycles. The van der Waals surface area contributed by atoms with Gasteiger partial charge in [-0.25, -0.2) is 16.8 Å². The first-order chi connectivity index (χ1) is 15.1. The minimum Gasteiger partial charge on any atom is -0.476 e. The van der Waals surface area contributed by atoms with E-state index in [-0.39, 0.29) is 16.9 Å². The van der Waals surface area contributed by atoms with Gasteiger partial charge in [-0.15, -0.1) is 0 Å². The fourth-order valence-electron chi connectivity index (χ4n) is 3.56. The fraction of sp³-hybridized carbons (Fsp3) is 0.435. The van der Waals surface area contributed by atoms with Gasteiger partial charge in [0, 0.05) is 6.26 Å². The normalized spacial score (nSPS) is 17.6. The van der Waals surface area contributed by atoms with E-state index < -0.39 is 37.9 Å². The number of carbonyl (C=O) groups is 1. The van der Waals surface area contributed by atoms with E-state index in [0.717, 1.165) is 18.1 Å². The predicted octanol–water partition coefficient (Wildman–Crippen LogP) is 2.79. The van der Waals surface area contributed by atoms with Crippen LogP contribution in [0.1, 0.15) is 44.9 Å². The minimum absolute atomic E-state index is 0.148. The van der Waals surface area contributed by atoms with E-state index >= 15 is 0 Å². The molecule has 3 rings (SSSR count). The van der Waals surface area contributed by atoms with Gasteiger partial charge in [-0.1, -0.05) is 39.0 Å². The molecule has 2 aromatic carbocycles. The second-order valence-electron chi connectivity index (χ2n) is 9.40. The quantitative estimate of drug-likeness (QED) is 0.685. The summed E-state index contributed by atoms with van der Waals surface area (Å²) in [4.78, 5) is 13.2. The molecule has 2 atom stereocenters. The van der Waals surface area contributed by atoms with Gasteiger partial charge in [0.25, 0.3) is 5.91 Å². The van der Waals surface area contributed by atoms with E-state index in [2.05, 4.69) is 5.32 Å². The maximum Gasteiger partial charge on any atom is 0.263 e. The Kier molecular flexibility index (Phi) is 6.56. The molecule has 180 valence electrons. The summed E-state index contributed by atoms with van der Waals surface area (Å²) in [6.45, 7) is 7.70. The second kappa shape index (κ2) is 8.64.